The molecule has 0 amide bonds. The van der Waals surface area contributed by atoms with Gasteiger partial charge in [-0.05, 0) is 12.1 Å². The maximum absolute atomic E-state index is 12.1. The number of carbonyl (C=O) groups is 1. The second-order valence-corrected chi connectivity index (χ2v) is 3.23. The van der Waals surface area contributed by atoms with Crippen molar-refractivity contribution in [1.29, 1.82) is 0 Å². The molecule has 7 heteroatoms. The molecule has 0 aliphatic heterocycles. The molecular formula is C9H10F3NO3. The molecule has 0 aliphatic rings. The van der Waals surface area contributed by atoms with Gasteiger partial charge in [-0.1, -0.05) is 0 Å². The first-order valence-electron chi connectivity index (χ1n) is 4.40. The van der Waals surface area contributed by atoms with Crippen LogP contribution >= 0.6 is 0 Å². The summed E-state index contributed by atoms with van der Waals surface area (Å²) in [6.07, 6.45) is -3.11. The number of carboxylic acids is 1. The Morgan fingerprint density at radius 1 is 1.50 bits per heavy atom. The molecule has 1 aromatic rings. The molecule has 1 aromatic heterocycles. The summed E-state index contributed by atoms with van der Waals surface area (Å²) in [5.41, 5.74) is 0. The molecule has 0 atom stereocenters. The summed E-state index contributed by atoms with van der Waals surface area (Å²) >= 11 is 0. The summed E-state index contributed by atoms with van der Waals surface area (Å²) < 4.78 is 41.2. The minimum absolute atomic E-state index is 0.182. The van der Waals surface area contributed by atoms with Crippen molar-refractivity contribution in [1.82, 2.24) is 4.90 Å². The first kappa shape index (κ1) is 12.6. The predicted molar refractivity (Wildman–Crippen MR) is 47.7 cm³/mol. The highest BCUT2D eigenvalue weighted by Gasteiger charge is 2.31. The summed E-state index contributed by atoms with van der Waals surface area (Å²) in [6, 6.07) is 3.02. The molecular weight excluding hydrogens is 227 g/mol. The zero-order chi connectivity index (χ0) is 12.2. The van der Waals surface area contributed by atoms with Gasteiger partial charge in [-0.3, -0.25) is 9.69 Å². The highest BCUT2D eigenvalue weighted by atomic mass is 19.4. The van der Waals surface area contributed by atoms with Crippen molar-refractivity contribution in [2.24, 2.45) is 0 Å². The molecule has 0 bridgehead atoms. The topological polar surface area (TPSA) is 53.7 Å². The van der Waals surface area contributed by atoms with E-state index in [9.17, 15) is 18.0 Å². The standard InChI is InChI=1S/C9H10F3NO3/c10-9(11,12)6-13(5-8(14)15)4-7-2-1-3-16-7/h1-3H,4-6H2,(H,14,15). The van der Waals surface area contributed by atoms with Gasteiger partial charge in [0.1, 0.15) is 5.76 Å². The Hall–Kier alpha value is -1.50. The van der Waals surface area contributed by atoms with Gasteiger partial charge in [-0.2, -0.15) is 13.2 Å². The largest absolute Gasteiger partial charge is 0.480 e. The van der Waals surface area contributed by atoms with E-state index in [0.717, 1.165) is 4.90 Å². The van der Waals surface area contributed by atoms with Crippen LogP contribution in [0.5, 0.6) is 0 Å². The molecule has 0 fully saturated rings. The lowest BCUT2D eigenvalue weighted by Gasteiger charge is -2.20. The fourth-order valence-electron chi connectivity index (χ4n) is 1.24. The highest BCUT2D eigenvalue weighted by molar-refractivity contribution is 5.69. The van der Waals surface area contributed by atoms with Crippen LogP contribution in [0.3, 0.4) is 0 Å². The summed E-state index contributed by atoms with van der Waals surface area (Å²) in [5.74, 6) is -1.01. The van der Waals surface area contributed by atoms with Crippen LogP contribution in [-0.2, 0) is 11.3 Å². The average Bonchev–Trinajstić information content (AvgIpc) is 2.51. The van der Waals surface area contributed by atoms with Crippen molar-refractivity contribution in [3.05, 3.63) is 24.2 Å². The van der Waals surface area contributed by atoms with E-state index < -0.39 is 25.2 Å². The quantitative estimate of drug-likeness (QED) is 0.847. The van der Waals surface area contributed by atoms with E-state index in [1.54, 1.807) is 0 Å². The van der Waals surface area contributed by atoms with Gasteiger partial charge < -0.3 is 9.52 Å². The number of alkyl halides is 3. The predicted octanol–water partition coefficient (Wildman–Crippen LogP) is 1.73. The SMILES string of the molecule is O=C(O)CN(Cc1ccco1)CC(F)(F)F. The molecule has 1 rings (SSSR count). The van der Waals surface area contributed by atoms with Crippen molar-refractivity contribution in [3.8, 4) is 0 Å². The third-order valence-electron chi connectivity index (χ3n) is 1.72. The van der Waals surface area contributed by atoms with Crippen LogP contribution in [0.15, 0.2) is 22.8 Å². The van der Waals surface area contributed by atoms with Crippen LogP contribution < -0.4 is 0 Å². The molecule has 0 aromatic carbocycles. The number of halogens is 3. The Balaban J connectivity index is 2.60. The van der Waals surface area contributed by atoms with E-state index in [1.165, 1.54) is 18.4 Å². The van der Waals surface area contributed by atoms with Crippen LogP contribution in [0.25, 0.3) is 0 Å². The Bertz CT molecular complexity index is 334. The molecule has 0 aliphatic carbocycles. The van der Waals surface area contributed by atoms with Crippen molar-refractivity contribution in [3.63, 3.8) is 0 Å². The average molecular weight is 237 g/mol. The fraction of sp³-hybridized carbons (Fsp3) is 0.444. The number of nitrogens with zero attached hydrogens (tertiary/aromatic N) is 1. The Morgan fingerprint density at radius 2 is 2.19 bits per heavy atom. The lowest BCUT2D eigenvalue weighted by atomic mass is 10.3. The lowest BCUT2D eigenvalue weighted by molar-refractivity contribution is -0.155. The van der Waals surface area contributed by atoms with Crippen LogP contribution in [0.2, 0.25) is 0 Å². The zero-order valence-electron chi connectivity index (χ0n) is 8.20. The molecule has 0 radical (unpaired) electrons. The third kappa shape index (κ3) is 4.83. The van der Waals surface area contributed by atoms with Gasteiger partial charge in [0, 0.05) is 0 Å². The zero-order valence-corrected chi connectivity index (χ0v) is 8.20. The van der Waals surface area contributed by atoms with E-state index in [0.29, 0.717) is 5.76 Å². The van der Waals surface area contributed by atoms with E-state index in [2.05, 4.69) is 0 Å². The number of rotatable bonds is 5. The Kier molecular flexibility index (Phi) is 3.94. The highest BCUT2D eigenvalue weighted by Crippen LogP contribution is 2.18. The third-order valence-corrected chi connectivity index (χ3v) is 1.72. The summed E-state index contributed by atoms with van der Waals surface area (Å²) in [7, 11) is 0. The Morgan fingerprint density at radius 3 is 2.62 bits per heavy atom. The molecule has 4 nitrogen and oxygen atoms in total. The van der Waals surface area contributed by atoms with Gasteiger partial charge in [0.05, 0.1) is 25.9 Å². The summed E-state index contributed by atoms with van der Waals surface area (Å²) in [4.78, 5) is 11.1. The molecule has 0 saturated carbocycles. The maximum Gasteiger partial charge on any atom is 0.401 e. The van der Waals surface area contributed by atoms with Gasteiger partial charge >= 0.3 is 12.1 Å². The molecule has 1 N–H and O–H groups in total. The minimum atomic E-state index is -4.43. The van der Waals surface area contributed by atoms with Crippen LogP contribution in [0, 0.1) is 0 Å². The van der Waals surface area contributed by atoms with Gasteiger partial charge in [-0.25, -0.2) is 0 Å². The van der Waals surface area contributed by atoms with Gasteiger partial charge in [-0.15, -0.1) is 0 Å². The normalized spacial score (nSPS) is 12.0. The molecule has 16 heavy (non-hydrogen) atoms. The number of hydrogen-bond acceptors (Lipinski definition) is 3. The second kappa shape index (κ2) is 5.02. The van der Waals surface area contributed by atoms with E-state index in [-0.39, 0.29) is 6.54 Å². The van der Waals surface area contributed by atoms with Crippen molar-refractivity contribution < 1.29 is 27.5 Å². The molecule has 1 heterocycles. The van der Waals surface area contributed by atoms with E-state index >= 15 is 0 Å². The fourth-order valence-corrected chi connectivity index (χ4v) is 1.24. The smallest absolute Gasteiger partial charge is 0.401 e. The maximum atomic E-state index is 12.1. The van der Waals surface area contributed by atoms with E-state index in [1.807, 2.05) is 0 Å². The number of hydrogen-bond donors (Lipinski definition) is 1. The number of aliphatic carboxylic acids is 1. The van der Waals surface area contributed by atoms with Gasteiger partial charge in [0.25, 0.3) is 0 Å². The minimum Gasteiger partial charge on any atom is -0.480 e. The van der Waals surface area contributed by atoms with Crippen molar-refractivity contribution >= 4 is 5.97 Å². The first-order chi connectivity index (χ1) is 7.37. The second-order valence-electron chi connectivity index (χ2n) is 3.23. The Labute approximate surface area is 89.3 Å². The van der Waals surface area contributed by atoms with Crippen LogP contribution in [0.4, 0.5) is 13.2 Å². The monoisotopic (exact) mass is 237 g/mol. The molecule has 0 saturated heterocycles. The molecule has 90 valence electrons. The summed E-state index contributed by atoms with van der Waals surface area (Å²) in [5, 5.41) is 8.47. The summed E-state index contributed by atoms with van der Waals surface area (Å²) in [6.45, 7) is -2.14. The molecule has 0 unspecified atom stereocenters. The van der Waals surface area contributed by atoms with Gasteiger partial charge in [0.2, 0.25) is 0 Å². The molecule has 0 spiro atoms. The van der Waals surface area contributed by atoms with Crippen LogP contribution in [-0.4, -0.2) is 35.2 Å². The number of furan rings is 1. The van der Waals surface area contributed by atoms with E-state index in [4.69, 9.17) is 9.52 Å². The first-order valence-corrected chi connectivity index (χ1v) is 4.40. The lowest BCUT2D eigenvalue weighted by Crippen LogP contribution is -2.37. The van der Waals surface area contributed by atoms with Crippen LogP contribution in [0.1, 0.15) is 5.76 Å². The van der Waals surface area contributed by atoms with Crippen molar-refractivity contribution in [2.45, 2.75) is 12.7 Å². The van der Waals surface area contributed by atoms with Crippen molar-refractivity contribution in [2.75, 3.05) is 13.1 Å². The van der Waals surface area contributed by atoms with Gasteiger partial charge in [0.15, 0.2) is 0 Å². The number of carboxylic acid groups (broad SMARTS) is 1.